The lowest BCUT2D eigenvalue weighted by Gasteiger charge is -2.05. The molecule has 6 heteroatoms. The van der Waals surface area contributed by atoms with Gasteiger partial charge in [0, 0.05) is 29.5 Å². The Balaban J connectivity index is 1.46. The Morgan fingerprint density at radius 3 is 2.67 bits per heavy atom. The topological polar surface area (TPSA) is 59.3 Å². The van der Waals surface area contributed by atoms with Gasteiger partial charge in [0.2, 0.25) is 4.96 Å². The SMILES string of the molecule is Cc1ccc(C(=O)NCCc2csc3nc(-c4ccccc4C)nn23)cc1. The summed E-state index contributed by atoms with van der Waals surface area (Å²) in [5, 5.41) is 9.70. The van der Waals surface area contributed by atoms with Crippen molar-refractivity contribution < 1.29 is 4.79 Å². The van der Waals surface area contributed by atoms with Crippen molar-refractivity contribution in [1.29, 1.82) is 0 Å². The molecule has 4 rings (SSSR count). The highest BCUT2D eigenvalue weighted by atomic mass is 32.1. The number of thiazole rings is 1. The van der Waals surface area contributed by atoms with Gasteiger partial charge in [0.25, 0.3) is 5.91 Å². The largest absolute Gasteiger partial charge is 0.352 e. The average molecular weight is 376 g/mol. The van der Waals surface area contributed by atoms with E-state index in [-0.39, 0.29) is 5.91 Å². The van der Waals surface area contributed by atoms with E-state index in [9.17, 15) is 4.79 Å². The van der Waals surface area contributed by atoms with Gasteiger partial charge in [-0.15, -0.1) is 16.4 Å². The van der Waals surface area contributed by atoms with Crippen LogP contribution in [0, 0.1) is 13.8 Å². The van der Waals surface area contributed by atoms with Crippen LogP contribution in [0.15, 0.2) is 53.9 Å². The summed E-state index contributed by atoms with van der Waals surface area (Å²) in [6.45, 7) is 4.62. The van der Waals surface area contributed by atoms with E-state index in [1.165, 1.54) is 0 Å². The summed E-state index contributed by atoms with van der Waals surface area (Å²) in [5.41, 5.74) is 5.07. The molecule has 0 radical (unpaired) electrons. The molecule has 0 bridgehead atoms. The first-order valence-corrected chi connectivity index (χ1v) is 9.74. The monoisotopic (exact) mass is 376 g/mol. The molecule has 2 aromatic heterocycles. The molecule has 2 heterocycles. The number of hydrogen-bond acceptors (Lipinski definition) is 4. The second-order valence-electron chi connectivity index (χ2n) is 6.54. The van der Waals surface area contributed by atoms with Gasteiger partial charge in [-0.3, -0.25) is 4.79 Å². The molecule has 0 aliphatic carbocycles. The number of carbonyl (C=O) groups is 1. The van der Waals surface area contributed by atoms with Gasteiger partial charge in [-0.1, -0.05) is 42.0 Å². The Morgan fingerprint density at radius 1 is 1.11 bits per heavy atom. The summed E-state index contributed by atoms with van der Waals surface area (Å²) in [5.74, 6) is 0.686. The molecule has 0 saturated heterocycles. The fourth-order valence-electron chi connectivity index (χ4n) is 2.95. The molecular formula is C21H20N4OS. The summed E-state index contributed by atoms with van der Waals surface area (Å²) in [4.78, 5) is 17.7. The molecular weight excluding hydrogens is 356 g/mol. The summed E-state index contributed by atoms with van der Waals surface area (Å²) in [6.07, 6.45) is 0.703. The van der Waals surface area contributed by atoms with Gasteiger partial charge in [-0.2, -0.15) is 4.98 Å². The van der Waals surface area contributed by atoms with Crippen molar-refractivity contribution >= 4 is 22.2 Å². The fourth-order valence-corrected chi connectivity index (χ4v) is 3.80. The molecule has 27 heavy (non-hydrogen) atoms. The Hall–Kier alpha value is -2.99. The average Bonchev–Trinajstić information content (AvgIpc) is 3.24. The second-order valence-corrected chi connectivity index (χ2v) is 7.38. The third kappa shape index (κ3) is 3.61. The first-order chi connectivity index (χ1) is 13.1. The van der Waals surface area contributed by atoms with E-state index >= 15 is 0 Å². The van der Waals surface area contributed by atoms with Gasteiger partial charge < -0.3 is 5.32 Å². The van der Waals surface area contributed by atoms with E-state index in [0.29, 0.717) is 18.5 Å². The number of rotatable bonds is 5. The van der Waals surface area contributed by atoms with Gasteiger partial charge >= 0.3 is 0 Å². The Labute approximate surface area is 161 Å². The summed E-state index contributed by atoms with van der Waals surface area (Å²) >= 11 is 1.57. The van der Waals surface area contributed by atoms with Crippen molar-refractivity contribution in [3.8, 4) is 11.4 Å². The standard InChI is InChI=1S/C21H20N4OS/c1-14-7-9-16(10-8-14)20(26)22-12-11-17-13-27-21-23-19(24-25(17)21)18-6-4-3-5-15(18)2/h3-10,13H,11-12H2,1-2H3,(H,22,26). The van der Waals surface area contributed by atoms with Crippen molar-refractivity contribution in [2.75, 3.05) is 6.54 Å². The fraction of sp³-hybridized carbons (Fsp3) is 0.190. The molecule has 0 atom stereocenters. The normalized spacial score (nSPS) is 11.0. The molecule has 136 valence electrons. The Kier molecular flexibility index (Phi) is 4.73. The van der Waals surface area contributed by atoms with Crippen LogP contribution in [0.4, 0.5) is 0 Å². The maximum atomic E-state index is 12.2. The van der Waals surface area contributed by atoms with Crippen LogP contribution in [0.2, 0.25) is 0 Å². The lowest BCUT2D eigenvalue weighted by atomic mass is 10.1. The van der Waals surface area contributed by atoms with Crippen LogP contribution in [-0.4, -0.2) is 27.0 Å². The van der Waals surface area contributed by atoms with Crippen LogP contribution in [-0.2, 0) is 6.42 Å². The third-order valence-electron chi connectivity index (χ3n) is 4.52. The van der Waals surface area contributed by atoms with Gasteiger partial charge in [0.15, 0.2) is 5.82 Å². The first kappa shape index (κ1) is 17.4. The van der Waals surface area contributed by atoms with Crippen LogP contribution in [0.3, 0.4) is 0 Å². The van der Waals surface area contributed by atoms with Gasteiger partial charge in [-0.05, 0) is 31.5 Å². The molecule has 1 N–H and O–H groups in total. The maximum Gasteiger partial charge on any atom is 0.251 e. The van der Waals surface area contributed by atoms with E-state index in [2.05, 4.69) is 33.8 Å². The van der Waals surface area contributed by atoms with Gasteiger partial charge in [-0.25, -0.2) is 4.52 Å². The first-order valence-electron chi connectivity index (χ1n) is 8.86. The number of aryl methyl sites for hydroxylation is 2. The van der Waals surface area contributed by atoms with Crippen molar-refractivity contribution in [1.82, 2.24) is 19.9 Å². The highest BCUT2D eigenvalue weighted by Crippen LogP contribution is 2.23. The van der Waals surface area contributed by atoms with E-state index in [0.717, 1.165) is 33.2 Å². The minimum atomic E-state index is -0.0549. The van der Waals surface area contributed by atoms with E-state index in [4.69, 9.17) is 0 Å². The van der Waals surface area contributed by atoms with Crippen LogP contribution >= 0.6 is 11.3 Å². The summed E-state index contributed by atoms with van der Waals surface area (Å²) in [6, 6.07) is 15.7. The zero-order chi connectivity index (χ0) is 18.8. The lowest BCUT2D eigenvalue weighted by molar-refractivity contribution is 0.0954. The van der Waals surface area contributed by atoms with E-state index in [1.54, 1.807) is 11.3 Å². The van der Waals surface area contributed by atoms with Crippen molar-refractivity contribution in [2.24, 2.45) is 0 Å². The number of hydrogen-bond donors (Lipinski definition) is 1. The zero-order valence-corrected chi connectivity index (χ0v) is 16.1. The highest BCUT2D eigenvalue weighted by Gasteiger charge is 2.13. The number of fused-ring (bicyclic) bond motifs is 1. The quantitative estimate of drug-likeness (QED) is 0.572. The number of nitrogens with one attached hydrogen (secondary N) is 1. The van der Waals surface area contributed by atoms with E-state index < -0.39 is 0 Å². The second kappa shape index (κ2) is 7.32. The predicted molar refractivity (Wildman–Crippen MR) is 108 cm³/mol. The molecule has 0 unspecified atom stereocenters. The number of amides is 1. The summed E-state index contributed by atoms with van der Waals surface area (Å²) in [7, 11) is 0. The van der Waals surface area contributed by atoms with Gasteiger partial charge in [0.05, 0.1) is 5.69 Å². The molecule has 1 amide bonds. The van der Waals surface area contributed by atoms with Crippen LogP contribution < -0.4 is 5.32 Å². The molecule has 0 aliphatic heterocycles. The highest BCUT2D eigenvalue weighted by molar-refractivity contribution is 7.15. The third-order valence-corrected chi connectivity index (χ3v) is 5.38. The smallest absolute Gasteiger partial charge is 0.251 e. The molecule has 5 nitrogen and oxygen atoms in total. The van der Waals surface area contributed by atoms with Gasteiger partial charge in [0.1, 0.15) is 0 Å². The van der Waals surface area contributed by atoms with Crippen LogP contribution in [0.5, 0.6) is 0 Å². The number of aromatic nitrogens is 3. The van der Waals surface area contributed by atoms with Crippen LogP contribution in [0.1, 0.15) is 27.2 Å². The minimum Gasteiger partial charge on any atom is -0.352 e. The molecule has 0 spiro atoms. The minimum absolute atomic E-state index is 0.0549. The maximum absolute atomic E-state index is 12.2. The van der Waals surface area contributed by atoms with Crippen molar-refractivity contribution in [2.45, 2.75) is 20.3 Å². The molecule has 4 aromatic rings. The molecule has 0 aliphatic rings. The molecule has 2 aromatic carbocycles. The number of benzene rings is 2. The predicted octanol–water partition coefficient (Wildman–Crippen LogP) is 4.05. The number of carbonyl (C=O) groups excluding carboxylic acids is 1. The van der Waals surface area contributed by atoms with Crippen LogP contribution in [0.25, 0.3) is 16.3 Å². The Bertz CT molecular complexity index is 1100. The Morgan fingerprint density at radius 2 is 1.89 bits per heavy atom. The zero-order valence-electron chi connectivity index (χ0n) is 15.3. The number of nitrogens with zero attached hydrogens (tertiary/aromatic N) is 3. The van der Waals surface area contributed by atoms with Crippen molar-refractivity contribution in [3.63, 3.8) is 0 Å². The van der Waals surface area contributed by atoms with E-state index in [1.807, 2.05) is 53.9 Å². The summed E-state index contributed by atoms with van der Waals surface area (Å²) < 4.78 is 1.88. The lowest BCUT2D eigenvalue weighted by Crippen LogP contribution is -2.25. The molecule has 0 fully saturated rings. The van der Waals surface area contributed by atoms with Crippen molar-refractivity contribution in [3.05, 3.63) is 76.3 Å². The molecule has 0 saturated carbocycles.